The van der Waals surface area contributed by atoms with Gasteiger partial charge in [0.2, 0.25) is 0 Å². The second-order valence-electron chi connectivity index (χ2n) is 7.69. The zero-order valence-corrected chi connectivity index (χ0v) is 14.3. The molecule has 0 N–H and O–H groups in total. The number of carbonyl (C=O) groups excluding carboxylic acids is 1. The fraction of sp³-hybridized carbons (Fsp3) is 0.208. The fourth-order valence-electron chi connectivity index (χ4n) is 4.98. The van der Waals surface area contributed by atoms with Gasteiger partial charge in [-0.05, 0) is 57.1 Å². The van der Waals surface area contributed by atoms with Crippen molar-refractivity contribution in [2.45, 2.75) is 18.9 Å². The SMILES string of the molecule is O=C(O[C@H]1C[C@@H]2C=C[C@H]1C2)c1ccc2ccc3cccc4ccc1c2c34. The molecule has 0 unspecified atom stereocenters. The second-order valence-corrected chi connectivity index (χ2v) is 7.69. The van der Waals surface area contributed by atoms with Crippen LogP contribution in [0.3, 0.4) is 0 Å². The summed E-state index contributed by atoms with van der Waals surface area (Å²) < 4.78 is 5.93. The molecule has 1 saturated carbocycles. The maximum atomic E-state index is 13.0. The number of allylic oxidation sites excluding steroid dienone is 1. The summed E-state index contributed by atoms with van der Waals surface area (Å²) in [5.74, 6) is 0.816. The molecule has 0 amide bonds. The van der Waals surface area contributed by atoms with E-state index < -0.39 is 0 Å². The van der Waals surface area contributed by atoms with Crippen LogP contribution in [0.1, 0.15) is 23.2 Å². The third-order valence-electron chi connectivity index (χ3n) is 6.22. The van der Waals surface area contributed by atoms with Crippen molar-refractivity contribution in [1.82, 2.24) is 0 Å². The van der Waals surface area contributed by atoms with E-state index in [1.165, 1.54) is 26.9 Å². The average Bonchev–Trinajstić information content (AvgIpc) is 3.29. The van der Waals surface area contributed by atoms with E-state index in [0.717, 1.165) is 18.2 Å². The van der Waals surface area contributed by atoms with Crippen LogP contribution in [0, 0.1) is 11.8 Å². The topological polar surface area (TPSA) is 26.3 Å². The van der Waals surface area contributed by atoms with E-state index in [2.05, 4.69) is 54.6 Å². The van der Waals surface area contributed by atoms with Crippen molar-refractivity contribution in [1.29, 1.82) is 0 Å². The second kappa shape index (κ2) is 5.07. The smallest absolute Gasteiger partial charge is 0.339 e. The molecule has 126 valence electrons. The van der Waals surface area contributed by atoms with E-state index in [9.17, 15) is 4.79 Å². The molecule has 0 spiro atoms. The molecule has 4 aromatic carbocycles. The Morgan fingerprint density at radius 3 is 2.27 bits per heavy atom. The maximum absolute atomic E-state index is 13.0. The summed E-state index contributed by atoms with van der Waals surface area (Å²) in [6.45, 7) is 0. The van der Waals surface area contributed by atoms with Gasteiger partial charge in [-0.1, -0.05) is 60.7 Å². The Morgan fingerprint density at radius 1 is 0.808 bits per heavy atom. The van der Waals surface area contributed by atoms with E-state index >= 15 is 0 Å². The molecule has 0 saturated heterocycles. The molecule has 0 heterocycles. The van der Waals surface area contributed by atoms with E-state index in [-0.39, 0.29) is 12.1 Å². The van der Waals surface area contributed by atoms with Gasteiger partial charge in [-0.3, -0.25) is 0 Å². The Kier molecular flexibility index (Phi) is 2.79. The average molecular weight is 338 g/mol. The first-order chi connectivity index (χ1) is 12.8. The van der Waals surface area contributed by atoms with E-state index in [1.807, 2.05) is 12.1 Å². The van der Waals surface area contributed by atoms with Crippen LogP contribution >= 0.6 is 0 Å². The number of carbonyl (C=O) groups is 1. The molecule has 2 heteroatoms. The molecule has 2 bridgehead atoms. The summed E-state index contributed by atoms with van der Waals surface area (Å²) in [7, 11) is 0. The quantitative estimate of drug-likeness (QED) is 0.266. The largest absolute Gasteiger partial charge is 0.458 e. The van der Waals surface area contributed by atoms with Crippen molar-refractivity contribution in [2.75, 3.05) is 0 Å². The molecule has 26 heavy (non-hydrogen) atoms. The van der Waals surface area contributed by atoms with E-state index in [0.29, 0.717) is 17.4 Å². The summed E-state index contributed by atoms with van der Waals surface area (Å²) in [4.78, 5) is 13.0. The van der Waals surface area contributed by atoms with Gasteiger partial charge in [-0.15, -0.1) is 0 Å². The molecule has 2 nitrogen and oxygen atoms in total. The highest BCUT2D eigenvalue weighted by Gasteiger charge is 2.38. The molecule has 2 aliphatic rings. The van der Waals surface area contributed by atoms with Gasteiger partial charge in [0.15, 0.2) is 0 Å². The summed E-state index contributed by atoms with van der Waals surface area (Å²) in [5.41, 5.74) is 0.683. The third kappa shape index (κ3) is 1.90. The monoisotopic (exact) mass is 338 g/mol. The summed E-state index contributed by atoms with van der Waals surface area (Å²) in [5, 5.41) is 7.00. The van der Waals surface area contributed by atoms with Gasteiger partial charge in [0.25, 0.3) is 0 Å². The first-order valence-corrected chi connectivity index (χ1v) is 9.34. The predicted octanol–water partition coefficient (Wildman–Crippen LogP) is 5.71. The Morgan fingerprint density at radius 2 is 1.54 bits per heavy atom. The number of hydrogen-bond acceptors (Lipinski definition) is 2. The van der Waals surface area contributed by atoms with Crippen LogP contribution in [-0.4, -0.2) is 12.1 Å². The fourth-order valence-corrected chi connectivity index (χ4v) is 4.98. The minimum absolute atomic E-state index is 0.0380. The first-order valence-electron chi connectivity index (χ1n) is 9.34. The standard InChI is InChI=1S/C24H18O2/c25-24(26-21-13-14-4-5-18(21)12-14)20-11-9-17-7-6-15-2-1-3-16-8-10-19(20)23(17)22(15)16/h1-11,14,18,21H,12-13H2/t14-,18+,21+/m1/s1. The number of hydrogen-bond donors (Lipinski definition) is 0. The van der Waals surface area contributed by atoms with Gasteiger partial charge in [-0.25, -0.2) is 4.79 Å². The number of rotatable bonds is 2. The Hall–Kier alpha value is -2.87. The highest BCUT2D eigenvalue weighted by molar-refractivity contribution is 6.25. The first kappa shape index (κ1) is 14.3. The van der Waals surface area contributed by atoms with Gasteiger partial charge in [0, 0.05) is 5.92 Å². The maximum Gasteiger partial charge on any atom is 0.339 e. The van der Waals surface area contributed by atoms with Gasteiger partial charge < -0.3 is 4.74 Å². The molecule has 4 aromatic rings. The zero-order valence-electron chi connectivity index (χ0n) is 14.3. The van der Waals surface area contributed by atoms with Crippen LogP contribution in [0.5, 0.6) is 0 Å². The van der Waals surface area contributed by atoms with Crippen LogP contribution in [0.4, 0.5) is 0 Å². The lowest BCUT2D eigenvalue weighted by Crippen LogP contribution is -2.22. The molecule has 2 aliphatic carbocycles. The van der Waals surface area contributed by atoms with E-state index in [1.54, 1.807) is 0 Å². The van der Waals surface area contributed by atoms with Crippen LogP contribution < -0.4 is 0 Å². The normalized spacial score (nSPS) is 24.2. The lowest BCUT2D eigenvalue weighted by molar-refractivity contribution is 0.0244. The van der Waals surface area contributed by atoms with Crippen molar-refractivity contribution in [2.24, 2.45) is 11.8 Å². The minimum Gasteiger partial charge on any atom is -0.458 e. The van der Waals surface area contributed by atoms with Crippen LogP contribution in [0.25, 0.3) is 32.3 Å². The number of fused-ring (bicyclic) bond motifs is 2. The predicted molar refractivity (Wildman–Crippen MR) is 105 cm³/mol. The van der Waals surface area contributed by atoms with Crippen molar-refractivity contribution in [3.8, 4) is 0 Å². The number of ether oxygens (including phenoxy) is 1. The molecule has 6 rings (SSSR count). The van der Waals surface area contributed by atoms with Crippen molar-refractivity contribution in [3.63, 3.8) is 0 Å². The summed E-state index contributed by atoms with van der Waals surface area (Å²) in [6, 6.07) is 18.8. The van der Waals surface area contributed by atoms with Crippen molar-refractivity contribution in [3.05, 3.63) is 72.3 Å². The Balaban J connectivity index is 1.50. The molecule has 3 atom stereocenters. The van der Waals surface area contributed by atoms with Crippen molar-refractivity contribution >= 4 is 38.3 Å². The minimum atomic E-state index is -0.186. The highest BCUT2D eigenvalue weighted by Crippen LogP contribution is 2.41. The van der Waals surface area contributed by atoms with Gasteiger partial charge >= 0.3 is 5.97 Å². The van der Waals surface area contributed by atoms with Gasteiger partial charge in [-0.2, -0.15) is 0 Å². The molecule has 0 aromatic heterocycles. The molecular formula is C24H18O2. The lowest BCUT2D eigenvalue weighted by atomic mass is 9.92. The van der Waals surface area contributed by atoms with Gasteiger partial charge in [0.05, 0.1) is 5.56 Å². The summed E-state index contributed by atoms with van der Waals surface area (Å²) >= 11 is 0. The molecule has 0 aliphatic heterocycles. The van der Waals surface area contributed by atoms with Crippen LogP contribution in [0.2, 0.25) is 0 Å². The lowest BCUT2D eigenvalue weighted by Gasteiger charge is -2.20. The third-order valence-corrected chi connectivity index (χ3v) is 6.22. The number of benzene rings is 4. The molecule has 0 radical (unpaired) electrons. The zero-order chi connectivity index (χ0) is 17.3. The van der Waals surface area contributed by atoms with Gasteiger partial charge in [0.1, 0.15) is 6.10 Å². The van der Waals surface area contributed by atoms with Crippen LogP contribution in [-0.2, 0) is 4.74 Å². The Bertz CT molecular complexity index is 1190. The van der Waals surface area contributed by atoms with Crippen LogP contribution in [0.15, 0.2) is 66.7 Å². The van der Waals surface area contributed by atoms with E-state index in [4.69, 9.17) is 4.74 Å². The Labute approximate surface area is 151 Å². The highest BCUT2D eigenvalue weighted by atomic mass is 16.5. The molecule has 1 fully saturated rings. The number of esters is 1. The van der Waals surface area contributed by atoms with Crippen molar-refractivity contribution < 1.29 is 9.53 Å². The molecular weight excluding hydrogens is 320 g/mol. The summed E-state index contributed by atoms with van der Waals surface area (Å²) in [6.07, 6.45) is 6.63.